The summed E-state index contributed by atoms with van der Waals surface area (Å²) in [6.07, 6.45) is -1.20. The highest BCUT2D eigenvalue weighted by Gasteiger charge is 2.40. The van der Waals surface area contributed by atoms with Crippen LogP contribution in [0.25, 0.3) is 0 Å². The van der Waals surface area contributed by atoms with E-state index in [0.29, 0.717) is 6.07 Å². The van der Waals surface area contributed by atoms with Crippen molar-refractivity contribution in [2.24, 2.45) is 0 Å². The molecule has 1 rings (SSSR count). The lowest BCUT2D eigenvalue weighted by Gasteiger charge is -2.20. The summed E-state index contributed by atoms with van der Waals surface area (Å²) in [5, 5.41) is 8.32. The standard InChI is InChI=1S/C11H11F4NO2/c1-16(2)9-6(3-4-7(12)8(9)13)5-11(14,15)10(17)18/h3-4H,5H2,1-2H3,(H,17,18). The van der Waals surface area contributed by atoms with E-state index >= 15 is 0 Å². The van der Waals surface area contributed by atoms with Gasteiger partial charge >= 0.3 is 11.9 Å². The van der Waals surface area contributed by atoms with Crippen LogP contribution in [0.15, 0.2) is 12.1 Å². The van der Waals surface area contributed by atoms with Crippen molar-refractivity contribution in [3.63, 3.8) is 0 Å². The number of alkyl halides is 2. The third kappa shape index (κ3) is 2.72. The second-order valence-electron chi connectivity index (χ2n) is 3.95. The molecule has 0 aliphatic heterocycles. The second-order valence-corrected chi connectivity index (χ2v) is 3.95. The summed E-state index contributed by atoms with van der Waals surface area (Å²) in [5.74, 6) is -8.80. The van der Waals surface area contributed by atoms with E-state index in [-0.39, 0.29) is 11.3 Å². The summed E-state index contributed by atoms with van der Waals surface area (Å²) in [6.45, 7) is 0. The molecule has 0 fully saturated rings. The predicted molar refractivity (Wildman–Crippen MR) is 57.0 cm³/mol. The van der Waals surface area contributed by atoms with Gasteiger partial charge in [-0.25, -0.2) is 13.6 Å². The van der Waals surface area contributed by atoms with E-state index in [4.69, 9.17) is 5.11 Å². The van der Waals surface area contributed by atoms with Gasteiger partial charge in [0.25, 0.3) is 0 Å². The average molecular weight is 265 g/mol. The van der Waals surface area contributed by atoms with E-state index in [1.807, 2.05) is 0 Å². The molecule has 0 saturated heterocycles. The predicted octanol–water partition coefficient (Wildman–Crippen LogP) is 2.29. The van der Waals surface area contributed by atoms with E-state index in [9.17, 15) is 22.4 Å². The van der Waals surface area contributed by atoms with Gasteiger partial charge < -0.3 is 10.0 Å². The van der Waals surface area contributed by atoms with Crippen LogP contribution in [0.2, 0.25) is 0 Å². The Morgan fingerprint density at radius 1 is 1.33 bits per heavy atom. The molecular formula is C11H11F4NO2. The van der Waals surface area contributed by atoms with Crippen molar-refractivity contribution in [2.75, 3.05) is 19.0 Å². The minimum absolute atomic E-state index is 0.272. The summed E-state index contributed by atoms with van der Waals surface area (Å²) < 4.78 is 52.6. The number of carboxylic acids is 1. The fourth-order valence-corrected chi connectivity index (χ4v) is 1.52. The van der Waals surface area contributed by atoms with Gasteiger partial charge in [-0.2, -0.15) is 8.78 Å². The fourth-order valence-electron chi connectivity index (χ4n) is 1.52. The van der Waals surface area contributed by atoms with Crippen LogP contribution >= 0.6 is 0 Å². The van der Waals surface area contributed by atoms with Crippen LogP contribution in [0.1, 0.15) is 5.56 Å². The van der Waals surface area contributed by atoms with Crippen LogP contribution in [-0.2, 0) is 11.2 Å². The monoisotopic (exact) mass is 265 g/mol. The van der Waals surface area contributed by atoms with Crippen LogP contribution in [0.5, 0.6) is 0 Å². The smallest absolute Gasteiger partial charge is 0.374 e. The number of aliphatic carboxylic acids is 1. The number of carbonyl (C=O) groups is 1. The molecule has 0 heterocycles. The molecular weight excluding hydrogens is 254 g/mol. The van der Waals surface area contributed by atoms with Gasteiger partial charge in [0.2, 0.25) is 0 Å². The van der Waals surface area contributed by atoms with Crippen molar-refractivity contribution in [2.45, 2.75) is 12.3 Å². The number of halogens is 4. The van der Waals surface area contributed by atoms with E-state index in [1.54, 1.807) is 0 Å². The zero-order chi connectivity index (χ0) is 14.1. The Bertz CT molecular complexity index is 474. The lowest BCUT2D eigenvalue weighted by molar-refractivity contribution is -0.164. The summed E-state index contributed by atoms with van der Waals surface area (Å²) in [4.78, 5) is 11.4. The first-order valence-electron chi connectivity index (χ1n) is 4.92. The summed E-state index contributed by atoms with van der Waals surface area (Å²) in [7, 11) is 2.69. The zero-order valence-corrected chi connectivity index (χ0v) is 9.68. The molecule has 18 heavy (non-hydrogen) atoms. The van der Waals surface area contributed by atoms with Gasteiger partial charge in [0.15, 0.2) is 11.6 Å². The van der Waals surface area contributed by atoms with Gasteiger partial charge in [0.1, 0.15) is 0 Å². The maximum absolute atomic E-state index is 13.5. The Kier molecular flexibility index (Phi) is 3.83. The molecule has 1 aromatic carbocycles. The first-order valence-corrected chi connectivity index (χ1v) is 4.92. The SMILES string of the molecule is CN(C)c1c(CC(F)(F)C(=O)O)ccc(F)c1F. The number of benzene rings is 1. The molecule has 100 valence electrons. The number of nitrogens with zero attached hydrogens (tertiary/aromatic N) is 1. The molecule has 0 spiro atoms. The number of hydrogen-bond donors (Lipinski definition) is 1. The topological polar surface area (TPSA) is 40.5 Å². The van der Waals surface area contributed by atoms with Crippen molar-refractivity contribution in [3.8, 4) is 0 Å². The number of carboxylic acid groups (broad SMARTS) is 1. The van der Waals surface area contributed by atoms with Crippen molar-refractivity contribution in [1.29, 1.82) is 0 Å². The van der Waals surface area contributed by atoms with E-state index in [0.717, 1.165) is 11.0 Å². The van der Waals surface area contributed by atoms with Crippen molar-refractivity contribution in [3.05, 3.63) is 29.3 Å². The molecule has 0 aromatic heterocycles. The molecule has 0 aliphatic carbocycles. The normalized spacial score (nSPS) is 11.4. The molecule has 0 amide bonds. The van der Waals surface area contributed by atoms with Crippen molar-refractivity contribution < 1.29 is 27.5 Å². The van der Waals surface area contributed by atoms with Crippen molar-refractivity contribution >= 4 is 11.7 Å². The van der Waals surface area contributed by atoms with Gasteiger partial charge in [0.05, 0.1) is 5.69 Å². The van der Waals surface area contributed by atoms with E-state index in [2.05, 4.69) is 0 Å². The summed E-state index contributed by atoms with van der Waals surface area (Å²) >= 11 is 0. The Balaban J connectivity index is 3.26. The highest BCUT2D eigenvalue weighted by Crippen LogP contribution is 2.30. The molecule has 0 radical (unpaired) electrons. The molecule has 0 unspecified atom stereocenters. The van der Waals surface area contributed by atoms with Gasteiger partial charge in [-0.1, -0.05) is 6.07 Å². The third-order valence-corrected chi connectivity index (χ3v) is 2.33. The van der Waals surface area contributed by atoms with Gasteiger partial charge in [-0.05, 0) is 11.6 Å². The third-order valence-electron chi connectivity index (χ3n) is 2.33. The minimum Gasteiger partial charge on any atom is -0.477 e. The first-order chi connectivity index (χ1) is 8.16. The van der Waals surface area contributed by atoms with Crippen LogP contribution in [0, 0.1) is 11.6 Å². The highest BCUT2D eigenvalue weighted by molar-refractivity contribution is 5.76. The molecule has 1 N–H and O–H groups in total. The molecule has 7 heteroatoms. The lowest BCUT2D eigenvalue weighted by atomic mass is 10.0. The maximum Gasteiger partial charge on any atom is 0.374 e. The first kappa shape index (κ1) is 14.3. The highest BCUT2D eigenvalue weighted by atomic mass is 19.3. The molecule has 1 aromatic rings. The molecule has 0 aliphatic rings. The molecule has 3 nitrogen and oxygen atoms in total. The Labute approximate surface area is 101 Å². The fraction of sp³-hybridized carbons (Fsp3) is 0.364. The van der Waals surface area contributed by atoms with Crippen LogP contribution < -0.4 is 4.90 Å². The Morgan fingerprint density at radius 2 is 1.89 bits per heavy atom. The second kappa shape index (κ2) is 4.83. The summed E-state index contributed by atoms with van der Waals surface area (Å²) in [5.41, 5.74) is -0.651. The molecule has 0 bridgehead atoms. The van der Waals surface area contributed by atoms with Crippen molar-refractivity contribution in [1.82, 2.24) is 0 Å². The van der Waals surface area contributed by atoms with Crippen LogP contribution in [0.3, 0.4) is 0 Å². The largest absolute Gasteiger partial charge is 0.477 e. The molecule has 0 saturated carbocycles. The summed E-state index contributed by atoms with van der Waals surface area (Å²) in [6, 6.07) is 1.64. The van der Waals surface area contributed by atoms with Crippen LogP contribution in [-0.4, -0.2) is 31.1 Å². The van der Waals surface area contributed by atoms with Gasteiger partial charge in [-0.15, -0.1) is 0 Å². The average Bonchev–Trinajstić information content (AvgIpc) is 2.22. The number of rotatable bonds is 4. The quantitative estimate of drug-likeness (QED) is 0.849. The van der Waals surface area contributed by atoms with Gasteiger partial charge in [0, 0.05) is 20.5 Å². The van der Waals surface area contributed by atoms with E-state index in [1.165, 1.54) is 14.1 Å². The van der Waals surface area contributed by atoms with Gasteiger partial charge in [-0.3, -0.25) is 0 Å². The minimum atomic E-state index is -4.03. The van der Waals surface area contributed by atoms with Crippen LogP contribution in [0.4, 0.5) is 23.2 Å². The Hall–Kier alpha value is -1.79. The Morgan fingerprint density at radius 3 is 2.33 bits per heavy atom. The zero-order valence-electron chi connectivity index (χ0n) is 9.68. The number of anilines is 1. The maximum atomic E-state index is 13.5. The lowest BCUT2D eigenvalue weighted by Crippen LogP contribution is -2.31. The molecule has 0 atom stereocenters. The van der Waals surface area contributed by atoms with E-state index < -0.39 is 29.9 Å². The number of hydrogen-bond acceptors (Lipinski definition) is 2.